The molecule has 0 fully saturated rings. The summed E-state index contributed by atoms with van der Waals surface area (Å²) in [6.07, 6.45) is -0.665. The minimum Gasteiger partial charge on any atom is -0.479 e. The van der Waals surface area contributed by atoms with E-state index < -0.39 is 24.0 Å². The van der Waals surface area contributed by atoms with Gasteiger partial charge in [0.25, 0.3) is 5.91 Å². The largest absolute Gasteiger partial charge is 0.479 e. The summed E-state index contributed by atoms with van der Waals surface area (Å²) in [5.41, 5.74) is 7.56. The molecule has 2 aliphatic rings. The number of esters is 2. The molecule has 2 N–H and O–H groups in total. The number of carbonyl (C=O) groups excluding carboxylic acids is 3. The molecule has 4 rings (SSSR count). The van der Waals surface area contributed by atoms with E-state index in [9.17, 15) is 19.6 Å². The van der Waals surface area contributed by atoms with Gasteiger partial charge < -0.3 is 24.8 Å². The molecule has 1 amide bonds. The number of nitrogens with zero attached hydrogens (tertiary/aromatic N) is 3. The predicted octanol–water partition coefficient (Wildman–Crippen LogP) is 2.33. The molecule has 0 aliphatic carbocycles. The number of hydrogen-bond acceptors (Lipinski definition) is 9. The number of allylic oxidation sites excluding steroid dienone is 1. The molecule has 0 spiro atoms. The van der Waals surface area contributed by atoms with Crippen LogP contribution in [0.1, 0.15) is 18.4 Å². The zero-order valence-electron chi connectivity index (χ0n) is 20.1. The summed E-state index contributed by atoms with van der Waals surface area (Å²) < 4.78 is 15.8. The molecule has 0 aromatic heterocycles. The molecular weight excluding hydrogens is 464 g/mol. The van der Waals surface area contributed by atoms with Crippen LogP contribution in [0.2, 0.25) is 0 Å². The van der Waals surface area contributed by atoms with Crippen molar-refractivity contribution in [2.75, 3.05) is 31.1 Å². The lowest BCUT2D eigenvalue weighted by molar-refractivity contribution is -0.139. The monoisotopic (exact) mass is 488 g/mol. The second kappa shape index (κ2) is 9.46. The van der Waals surface area contributed by atoms with E-state index >= 15 is 0 Å². The quantitative estimate of drug-likeness (QED) is 0.643. The third-order valence-electron chi connectivity index (χ3n) is 6.15. The van der Waals surface area contributed by atoms with Gasteiger partial charge in [-0.3, -0.25) is 9.69 Å². The number of nitriles is 1. The van der Waals surface area contributed by atoms with Gasteiger partial charge in [-0.25, -0.2) is 9.59 Å². The maximum Gasteiger partial charge on any atom is 0.355 e. The highest BCUT2D eigenvalue weighted by atomic mass is 16.5. The average Bonchev–Trinajstić information content (AvgIpc) is 2.90. The normalized spacial score (nSPS) is 19.4. The average molecular weight is 489 g/mol. The van der Waals surface area contributed by atoms with Gasteiger partial charge in [-0.2, -0.15) is 5.26 Å². The van der Waals surface area contributed by atoms with Crippen LogP contribution in [0.3, 0.4) is 0 Å². The van der Waals surface area contributed by atoms with Gasteiger partial charge in [0.1, 0.15) is 17.3 Å². The third kappa shape index (κ3) is 3.80. The Bertz CT molecular complexity index is 1360. The molecule has 2 heterocycles. The lowest BCUT2D eigenvalue weighted by Crippen LogP contribution is -2.43. The summed E-state index contributed by atoms with van der Waals surface area (Å²) in [4.78, 5) is 41.5. The Labute approximate surface area is 207 Å². The Hall–Kier alpha value is -4.78. The van der Waals surface area contributed by atoms with Crippen molar-refractivity contribution in [2.24, 2.45) is 5.73 Å². The van der Waals surface area contributed by atoms with Crippen molar-refractivity contribution in [1.82, 2.24) is 0 Å². The van der Waals surface area contributed by atoms with Crippen LogP contribution in [0.25, 0.3) is 0 Å². The van der Waals surface area contributed by atoms with E-state index in [0.29, 0.717) is 22.7 Å². The van der Waals surface area contributed by atoms with Crippen LogP contribution in [0.5, 0.6) is 5.75 Å². The Balaban J connectivity index is 2.02. The Morgan fingerprint density at radius 1 is 1.08 bits per heavy atom. The topological polar surface area (TPSA) is 135 Å². The Kier molecular flexibility index (Phi) is 6.40. The Morgan fingerprint density at radius 2 is 1.75 bits per heavy atom. The van der Waals surface area contributed by atoms with Gasteiger partial charge in [-0.05, 0) is 30.7 Å². The van der Waals surface area contributed by atoms with Crippen molar-refractivity contribution in [1.29, 1.82) is 5.26 Å². The summed E-state index contributed by atoms with van der Waals surface area (Å²) in [6, 6.07) is 15.6. The number of hydrogen-bond donors (Lipinski definition) is 1. The van der Waals surface area contributed by atoms with Crippen LogP contribution >= 0.6 is 0 Å². The fourth-order valence-electron chi connectivity index (χ4n) is 4.42. The summed E-state index contributed by atoms with van der Waals surface area (Å²) in [7, 11) is 3.96. The molecule has 0 saturated heterocycles. The molecule has 184 valence electrons. The zero-order valence-corrected chi connectivity index (χ0v) is 20.1. The van der Waals surface area contributed by atoms with Gasteiger partial charge in [0.15, 0.2) is 6.10 Å². The van der Waals surface area contributed by atoms with Crippen molar-refractivity contribution in [3.8, 4) is 11.8 Å². The van der Waals surface area contributed by atoms with Crippen LogP contribution in [-0.4, -0.2) is 45.2 Å². The first kappa shape index (κ1) is 24.3. The summed E-state index contributed by atoms with van der Waals surface area (Å²) >= 11 is 0. The molecule has 2 atom stereocenters. The van der Waals surface area contributed by atoms with E-state index in [2.05, 4.69) is 6.07 Å². The Morgan fingerprint density at radius 3 is 2.36 bits per heavy atom. The van der Waals surface area contributed by atoms with E-state index in [1.807, 2.05) is 0 Å². The predicted molar refractivity (Wildman–Crippen MR) is 129 cm³/mol. The van der Waals surface area contributed by atoms with E-state index in [0.717, 1.165) is 0 Å². The number of rotatable bonds is 4. The number of benzene rings is 2. The van der Waals surface area contributed by atoms with Crippen molar-refractivity contribution in [3.63, 3.8) is 0 Å². The number of methoxy groups -OCH3 is 2. The lowest BCUT2D eigenvalue weighted by atomic mass is 9.81. The second-order valence-corrected chi connectivity index (χ2v) is 8.14. The van der Waals surface area contributed by atoms with Crippen LogP contribution in [-0.2, 0) is 23.9 Å². The number of nitrogens with two attached hydrogens (primary N) is 1. The number of amides is 1. The molecule has 10 nitrogen and oxygen atoms in total. The minimum absolute atomic E-state index is 0.0428. The maximum absolute atomic E-state index is 13.2. The SMILES string of the molecule is COC(=O)C1=C(C(=O)OC)N(c2ccc3c(c2)N(C)C(=O)C(C)O3)C(N)=C(C#N)C1c1ccccc1. The molecule has 2 aliphatic heterocycles. The van der Waals surface area contributed by atoms with Gasteiger partial charge in [0.2, 0.25) is 0 Å². The molecule has 2 aromatic rings. The smallest absolute Gasteiger partial charge is 0.355 e. The van der Waals surface area contributed by atoms with Crippen molar-refractivity contribution >= 4 is 29.2 Å². The molecule has 0 bridgehead atoms. The second-order valence-electron chi connectivity index (χ2n) is 8.14. The summed E-state index contributed by atoms with van der Waals surface area (Å²) in [5.74, 6) is -2.53. The molecule has 2 unspecified atom stereocenters. The molecule has 0 saturated carbocycles. The number of ether oxygens (including phenoxy) is 3. The van der Waals surface area contributed by atoms with E-state index in [1.54, 1.807) is 62.5 Å². The first-order valence-corrected chi connectivity index (χ1v) is 11.0. The highest BCUT2D eigenvalue weighted by Gasteiger charge is 2.43. The van der Waals surface area contributed by atoms with Crippen LogP contribution < -0.4 is 20.3 Å². The van der Waals surface area contributed by atoms with Gasteiger partial charge in [-0.15, -0.1) is 0 Å². The number of carbonyl (C=O) groups is 3. The maximum atomic E-state index is 13.2. The fraction of sp³-hybridized carbons (Fsp3) is 0.231. The van der Waals surface area contributed by atoms with E-state index in [4.69, 9.17) is 19.9 Å². The molecule has 10 heteroatoms. The van der Waals surface area contributed by atoms with Crippen LogP contribution in [0.4, 0.5) is 11.4 Å². The lowest BCUT2D eigenvalue weighted by Gasteiger charge is -2.37. The van der Waals surface area contributed by atoms with Crippen molar-refractivity contribution in [2.45, 2.75) is 18.9 Å². The van der Waals surface area contributed by atoms with Crippen LogP contribution in [0.15, 0.2) is 71.2 Å². The first-order chi connectivity index (χ1) is 17.2. The van der Waals surface area contributed by atoms with Gasteiger partial charge in [-0.1, -0.05) is 30.3 Å². The zero-order chi connectivity index (χ0) is 26.1. The molecule has 2 aromatic carbocycles. The van der Waals surface area contributed by atoms with E-state index in [1.165, 1.54) is 24.0 Å². The van der Waals surface area contributed by atoms with Gasteiger partial charge >= 0.3 is 11.9 Å². The molecule has 36 heavy (non-hydrogen) atoms. The first-order valence-electron chi connectivity index (χ1n) is 11.0. The van der Waals surface area contributed by atoms with Crippen molar-refractivity contribution < 1.29 is 28.6 Å². The number of likely N-dealkylation sites (N-methyl/N-ethyl adjacent to an activating group) is 1. The summed E-state index contributed by atoms with van der Waals surface area (Å²) in [5, 5.41) is 10.1. The third-order valence-corrected chi connectivity index (χ3v) is 6.15. The highest BCUT2D eigenvalue weighted by Crippen LogP contribution is 2.45. The molecule has 0 radical (unpaired) electrons. The number of anilines is 2. The standard InChI is InChI=1S/C26H24N4O6/c1-14-24(31)29(2)18-12-16(10-11-19(18)36-14)30-22(26(33)35-4)21(25(32)34-3)20(17(13-27)23(30)28)15-8-6-5-7-9-15/h5-12,14,20H,28H2,1-4H3. The van der Waals surface area contributed by atoms with E-state index in [-0.39, 0.29) is 28.6 Å². The minimum atomic E-state index is -0.972. The molecular formula is C26H24N4O6. The summed E-state index contributed by atoms with van der Waals surface area (Å²) in [6.45, 7) is 1.64. The van der Waals surface area contributed by atoms with Gasteiger partial charge in [0.05, 0.1) is 48.7 Å². The van der Waals surface area contributed by atoms with Gasteiger partial charge in [0, 0.05) is 7.05 Å². The van der Waals surface area contributed by atoms with Crippen molar-refractivity contribution in [3.05, 3.63) is 76.8 Å². The van der Waals surface area contributed by atoms with Crippen LogP contribution in [0, 0.1) is 11.3 Å². The highest BCUT2D eigenvalue weighted by molar-refractivity contribution is 6.07. The fourth-order valence-corrected chi connectivity index (χ4v) is 4.42. The number of fused-ring (bicyclic) bond motifs is 1.